The van der Waals surface area contributed by atoms with Crippen LogP contribution in [0.5, 0.6) is 11.6 Å². The van der Waals surface area contributed by atoms with E-state index in [0.29, 0.717) is 12.5 Å². The number of benzene rings is 1. The normalized spacial score (nSPS) is 12.3. The van der Waals surface area contributed by atoms with Crippen LogP contribution in [0.15, 0.2) is 28.7 Å². The van der Waals surface area contributed by atoms with Crippen molar-refractivity contribution < 1.29 is 14.3 Å². The number of rotatable bonds is 6. The van der Waals surface area contributed by atoms with E-state index in [2.05, 4.69) is 56.7 Å². The summed E-state index contributed by atoms with van der Waals surface area (Å²) in [7, 11) is -0.242. The van der Waals surface area contributed by atoms with Gasteiger partial charge in [-0.1, -0.05) is 39.8 Å². The third kappa shape index (κ3) is 4.73. The molecule has 0 amide bonds. The highest BCUT2D eigenvalue weighted by atomic mass is 79.9. The van der Waals surface area contributed by atoms with Gasteiger partial charge in [0.1, 0.15) is 5.75 Å². The van der Waals surface area contributed by atoms with Gasteiger partial charge in [0.15, 0.2) is 8.32 Å². The van der Waals surface area contributed by atoms with Gasteiger partial charge in [-0.2, -0.15) is 0 Å². The Hall–Kier alpha value is -1.37. The first-order valence-corrected chi connectivity index (χ1v) is 12.9. The largest absolute Gasteiger partial charge is 0.508 e. The van der Waals surface area contributed by atoms with E-state index in [9.17, 15) is 5.11 Å². The van der Waals surface area contributed by atoms with E-state index < -0.39 is 8.32 Å². The second kappa shape index (κ2) is 8.33. The van der Waals surface area contributed by atoms with Gasteiger partial charge in [-0.3, -0.25) is 0 Å². The molecule has 0 radical (unpaired) electrons. The van der Waals surface area contributed by atoms with Gasteiger partial charge in [-0.25, -0.2) is 4.98 Å². The van der Waals surface area contributed by atoms with Crippen LogP contribution in [0.3, 0.4) is 0 Å². The van der Waals surface area contributed by atoms with Crippen LogP contribution in [-0.2, 0) is 17.5 Å². The van der Waals surface area contributed by atoms with Crippen molar-refractivity contribution in [3.8, 4) is 22.8 Å². The lowest BCUT2D eigenvalue weighted by atomic mass is 9.98. The maximum atomic E-state index is 9.60. The van der Waals surface area contributed by atoms with Crippen molar-refractivity contribution in [1.29, 1.82) is 0 Å². The van der Waals surface area contributed by atoms with E-state index >= 15 is 0 Å². The van der Waals surface area contributed by atoms with E-state index in [-0.39, 0.29) is 10.8 Å². The Morgan fingerprint density at radius 3 is 2.22 bits per heavy atom. The number of hydrogen-bond acceptors (Lipinski definition) is 4. The number of halogens is 1. The summed E-state index contributed by atoms with van der Waals surface area (Å²) in [4.78, 5) is 4.75. The van der Waals surface area contributed by atoms with Crippen LogP contribution < -0.4 is 4.74 Å². The molecule has 0 spiro atoms. The zero-order valence-electron chi connectivity index (χ0n) is 17.3. The smallest absolute Gasteiger partial charge is 0.221 e. The van der Waals surface area contributed by atoms with Crippen LogP contribution in [0, 0.1) is 0 Å². The van der Waals surface area contributed by atoms with Crippen LogP contribution in [0.4, 0.5) is 0 Å². The minimum Gasteiger partial charge on any atom is -0.508 e. The summed E-state index contributed by atoms with van der Waals surface area (Å²) in [5, 5.41) is 9.74. The number of methoxy groups -OCH3 is 1. The molecule has 0 bridgehead atoms. The minimum atomic E-state index is -1.88. The number of phenolic OH excluding ortho intramolecular Hbond substituents is 1. The van der Waals surface area contributed by atoms with Crippen molar-refractivity contribution in [1.82, 2.24) is 4.98 Å². The number of aromatic hydroxyl groups is 1. The molecule has 6 heteroatoms. The lowest BCUT2D eigenvalue weighted by Gasteiger charge is -2.36. The highest BCUT2D eigenvalue weighted by molar-refractivity contribution is 9.10. The average molecular weight is 452 g/mol. The first-order valence-electron chi connectivity index (χ1n) is 9.20. The molecule has 0 atom stereocenters. The number of aromatic nitrogens is 1. The van der Waals surface area contributed by atoms with Gasteiger partial charge >= 0.3 is 0 Å². The monoisotopic (exact) mass is 451 g/mol. The number of phenols is 1. The molecule has 4 nitrogen and oxygen atoms in total. The fourth-order valence-corrected chi connectivity index (χ4v) is 4.22. The predicted octanol–water partition coefficient (Wildman–Crippen LogP) is 6.31. The Labute approximate surface area is 172 Å². The Morgan fingerprint density at radius 1 is 1.15 bits per heavy atom. The van der Waals surface area contributed by atoms with Gasteiger partial charge in [0.2, 0.25) is 5.88 Å². The number of pyridine rings is 1. The Morgan fingerprint density at radius 2 is 1.74 bits per heavy atom. The molecule has 27 heavy (non-hydrogen) atoms. The lowest BCUT2D eigenvalue weighted by molar-refractivity contribution is 0.269. The standard InChI is InChI=1S/C21H30BrNO3Si/c1-8-16-18(14-9-11-15(24)12-10-14)20(25-5)23-17(19(16)22)13-26-27(6,7)21(2,3)4/h9-12,24H,8,13H2,1-7H3. The summed E-state index contributed by atoms with van der Waals surface area (Å²) >= 11 is 3.75. The van der Waals surface area contributed by atoms with Gasteiger partial charge in [-0.15, -0.1) is 0 Å². The molecule has 0 aliphatic rings. The van der Waals surface area contributed by atoms with Gasteiger partial charge in [0, 0.05) is 10.0 Å². The average Bonchev–Trinajstić information content (AvgIpc) is 2.60. The van der Waals surface area contributed by atoms with E-state index in [4.69, 9.17) is 14.1 Å². The van der Waals surface area contributed by atoms with Crippen LogP contribution in [-0.4, -0.2) is 25.5 Å². The van der Waals surface area contributed by atoms with Gasteiger partial charge in [0.25, 0.3) is 0 Å². The van der Waals surface area contributed by atoms with Crippen molar-refractivity contribution in [3.63, 3.8) is 0 Å². The molecule has 0 saturated carbocycles. The summed E-state index contributed by atoms with van der Waals surface area (Å²) in [6, 6.07) is 7.12. The van der Waals surface area contributed by atoms with Crippen LogP contribution in [0.2, 0.25) is 18.1 Å². The molecule has 0 saturated heterocycles. The SMILES string of the molecule is CCc1c(Br)c(CO[Si](C)(C)C(C)(C)C)nc(OC)c1-c1ccc(O)cc1. The molecular formula is C21H30BrNO3Si. The minimum absolute atomic E-state index is 0.142. The molecule has 1 N–H and O–H groups in total. The molecule has 0 aliphatic heterocycles. The molecule has 2 aromatic rings. The second-order valence-electron chi connectivity index (χ2n) is 8.18. The molecule has 0 aliphatic carbocycles. The molecule has 0 fully saturated rings. The highest BCUT2D eigenvalue weighted by Crippen LogP contribution is 2.41. The molecule has 1 aromatic heterocycles. The molecule has 148 valence electrons. The Bertz CT molecular complexity index is 799. The summed E-state index contributed by atoms with van der Waals surface area (Å²) in [5.41, 5.74) is 3.90. The number of ether oxygens (including phenoxy) is 1. The first-order chi connectivity index (χ1) is 12.5. The van der Waals surface area contributed by atoms with Crippen molar-refractivity contribution in [2.75, 3.05) is 7.11 Å². The maximum absolute atomic E-state index is 9.60. The third-order valence-corrected chi connectivity index (χ3v) is 10.8. The molecule has 1 heterocycles. The maximum Gasteiger partial charge on any atom is 0.221 e. The van der Waals surface area contributed by atoms with Crippen LogP contribution >= 0.6 is 15.9 Å². The second-order valence-corrected chi connectivity index (χ2v) is 13.8. The molecule has 0 unspecified atom stereocenters. The zero-order chi connectivity index (χ0) is 20.4. The summed E-state index contributed by atoms with van der Waals surface area (Å²) < 4.78 is 13.0. The predicted molar refractivity (Wildman–Crippen MR) is 117 cm³/mol. The van der Waals surface area contributed by atoms with Crippen molar-refractivity contribution in [2.24, 2.45) is 0 Å². The highest BCUT2D eigenvalue weighted by Gasteiger charge is 2.37. The first kappa shape index (κ1) is 21.9. The number of nitrogens with zero attached hydrogens (tertiary/aromatic N) is 1. The van der Waals surface area contributed by atoms with Crippen LogP contribution in [0.1, 0.15) is 39.0 Å². The quantitative estimate of drug-likeness (QED) is 0.522. The van der Waals surface area contributed by atoms with Gasteiger partial charge in [0.05, 0.1) is 19.4 Å². The van der Waals surface area contributed by atoms with Gasteiger partial charge in [-0.05, 0) is 63.7 Å². The summed E-state index contributed by atoms with van der Waals surface area (Å²) in [5.74, 6) is 0.816. The lowest BCUT2D eigenvalue weighted by Crippen LogP contribution is -2.40. The summed E-state index contributed by atoms with van der Waals surface area (Å²) in [6.45, 7) is 13.7. The van der Waals surface area contributed by atoms with Crippen molar-refractivity contribution in [2.45, 2.75) is 58.9 Å². The fraction of sp³-hybridized carbons (Fsp3) is 0.476. The Balaban J connectivity index is 2.49. The molecule has 2 rings (SSSR count). The van der Waals surface area contributed by atoms with Crippen LogP contribution in [0.25, 0.3) is 11.1 Å². The van der Waals surface area contributed by atoms with E-state index in [1.165, 1.54) is 0 Å². The van der Waals surface area contributed by atoms with E-state index in [1.54, 1.807) is 19.2 Å². The summed E-state index contributed by atoms with van der Waals surface area (Å²) in [6.07, 6.45) is 0.822. The van der Waals surface area contributed by atoms with Gasteiger partial charge < -0.3 is 14.3 Å². The zero-order valence-corrected chi connectivity index (χ0v) is 19.9. The van der Waals surface area contributed by atoms with E-state index in [0.717, 1.165) is 33.3 Å². The molecule has 1 aromatic carbocycles. The number of hydrogen-bond donors (Lipinski definition) is 1. The fourth-order valence-electron chi connectivity index (χ4n) is 2.61. The van der Waals surface area contributed by atoms with E-state index in [1.807, 2.05) is 12.1 Å². The van der Waals surface area contributed by atoms with Crippen molar-refractivity contribution >= 4 is 24.2 Å². The third-order valence-electron chi connectivity index (χ3n) is 5.35. The van der Waals surface area contributed by atoms with Crippen molar-refractivity contribution in [3.05, 3.63) is 40.0 Å². The molecular weight excluding hydrogens is 422 g/mol. The Kier molecular flexibility index (Phi) is 6.76. The topological polar surface area (TPSA) is 51.6 Å².